The lowest BCUT2D eigenvalue weighted by Gasteiger charge is -2.46. The van der Waals surface area contributed by atoms with Crippen molar-refractivity contribution in [2.24, 2.45) is 29.2 Å². The lowest BCUT2D eigenvalue weighted by atomic mass is 9.68. The van der Waals surface area contributed by atoms with Crippen LogP contribution in [0.25, 0.3) is 0 Å². The predicted molar refractivity (Wildman–Crippen MR) is 215 cm³/mol. The van der Waals surface area contributed by atoms with Crippen molar-refractivity contribution in [3.63, 3.8) is 0 Å². The van der Waals surface area contributed by atoms with Crippen molar-refractivity contribution in [2.75, 3.05) is 44.6 Å². The molecule has 4 heterocycles. The number of hydrogen-bond donors (Lipinski definition) is 1. The zero-order valence-corrected chi connectivity index (χ0v) is 34.4. The Labute approximate surface area is 339 Å². The van der Waals surface area contributed by atoms with Crippen LogP contribution in [0.5, 0.6) is 17.6 Å². The van der Waals surface area contributed by atoms with Crippen molar-refractivity contribution >= 4 is 27.5 Å². The second kappa shape index (κ2) is 16.1. The quantitative estimate of drug-likeness (QED) is 0.218. The SMILES string of the molecule is COc1n[n+](C)cn1C(=O)NS1(=O)=NC(=O)c2ccc3c(c2)N(C[C@@H]2CC[C@H]2[C@@H](OC)/C=C/[C@H](Oc2cnccn2)[C@H](C)C1)C[C@@]1(CCCc2cc(C)ccc21)CO3. The Balaban J connectivity index is 1.23. The number of carbonyl (C=O) groups is 2. The third-order valence-corrected chi connectivity index (χ3v) is 14.0. The van der Waals surface area contributed by atoms with Crippen LogP contribution in [0, 0.1) is 24.7 Å². The molecule has 8 rings (SSSR count). The van der Waals surface area contributed by atoms with Crippen LogP contribution in [0.1, 0.15) is 59.7 Å². The number of aromatic nitrogens is 5. The molecule has 1 unspecified atom stereocenters. The molecule has 7 atom stereocenters. The van der Waals surface area contributed by atoms with E-state index >= 15 is 4.21 Å². The third-order valence-electron chi connectivity index (χ3n) is 12.0. The molecule has 15 nitrogen and oxygen atoms in total. The lowest BCUT2D eigenvalue weighted by Crippen LogP contribution is -2.49. The summed E-state index contributed by atoms with van der Waals surface area (Å²) in [6, 6.07) is 11.2. The summed E-state index contributed by atoms with van der Waals surface area (Å²) in [6.07, 6.45) is 14.0. The van der Waals surface area contributed by atoms with Crippen LogP contribution >= 0.6 is 0 Å². The molecule has 0 saturated heterocycles. The fourth-order valence-corrected chi connectivity index (χ4v) is 10.9. The minimum absolute atomic E-state index is 0.0402. The molecule has 58 heavy (non-hydrogen) atoms. The molecule has 0 radical (unpaired) electrons. The van der Waals surface area contributed by atoms with Gasteiger partial charge in [-0.05, 0) is 91.4 Å². The molecule has 2 aromatic carbocycles. The van der Waals surface area contributed by atoms with Gasteiger partial charge in [0.15, 0.2) is 0 Å². The van der Waals surface area contributed by atoms with Gasteiger partial charge in [0, 0.05) is 49.5 Å². The van der Waals surface area contributed by atoms with Gasteiger partial charge in [-0.25, -0.2) is 18.7 Å². The smallest absolute Gasteiger partial charge is 0.435 e. The number of anilines is 1. The van der Waals surface area contributed by atoms with Gasteiger partial charge in [-0.1, -0.05) is 41.3 Å². The molecule has 1 saturated carbocycles. The number of benzene rings is 2. The zero-order valence-electron chi connectivity index (χ0n) is 33.6. The molecular weight excluding hydrogens is 761 g/mol. The number of amides is 2. The first-order valence-corrected chi connectivity index (χ1v) is 21.5. The second-order valence-electron chi connectivity index (χ2n) is 16.1. The van der Waals surface area contributed by atoms with Crippen LogP contribution in [-0.4, -0.2) is 87.7 Å². The summed E-state index contributed by atoms with van der Waals surface area (Å²) >= 11 is 0. The van der Waals surface area contributed by atoms with E-state index in [0.717, 1.165) is 48.9 Å². The van der Waals surface area contributed by atoms with Gasteiger partial charge in [-0.3, -0.25) is 9.78 Å². The standard InChI is InChI=1S/C42H50N8O7S/c1-27-8-12-33-29(19-27)7-6-16-42(33)24-49-22-31-9-11-32(31)36(54-4)15-14-35(57-38-21-43-17-18-44-38)28(2)23-58(53,47-40(52)50-26-48(3)45-41(50)55-5)46-39(51)30-10-13-37(56-25-42)34(49)20-30/h8,10,12-15,17-21,26,28,31-32,35-36H,6-7,9,11,16,22-25H2,1-5H3/p+1/b15-14+/t28-,31+,32-,35+,36+,42+,58?/m1/s1. The molecule has 16 heteroatoms. The van der Waals surface area contributed by atoms with Gasteiger partial charge in [-0.2, -0.15) is 0 Å². The number of hydrogen-bond acceptors (Lipinski definition) is 11. The Morgan fingerprint density at radius 3 is 2.71 bits per heavy atom. The normalized spacial score (nSPS) is 28.7. The zero-order chi connectivity index (χ0) is 40.6. The molecule has 4 aromatic rings. The highest BCUT2D eigenvalue weighted by Crippen LogP contribution is 2.47. The Morgan fingerprint density at radius 1 is 1.10 bits per heavy atom. The number of ether oxygens (including phenoxy) is 4. The highest BCUT2D eigenvalue weighted by Gasteiger charge is 2.44. The fraction of sp³-hybridized carbons (Fsp3) is 0.476. The van der Waals surface area contributed by atoms with Crippen molar-refractivity contribution in [3.8, 4) is 17.6 Å². The molecule has 2 aliphatic heterocycles. The summed E-state index contributed by atoms with van der Waals surface area (Å²) < 4.78 is 49.0. The maximum absolute atomic E-state index is 15.1. The predicted octanol–water partition coefficient (Wildman–Crippen LogP) is 4.76. The van der Waals surface area contributed by atoms with E-state index in [1.54, 1.807) is 32.5 Å². The molecule has 2 amide bonds. The van der Waals surface area contributed by atoms with Gasteiger partial charge in [0.25, 0.3) is 12.2 Å². The number of carbonyl (C=O) groups excluding carboxylic acids is 2. The Morgan fingerprint density at radius 2 is 1.95 bits per heavy atom. The van der Waals surface area contributed by atoms with Gasteiger partial charge in [0.05, 0.1) is 37.5 Å². The number of methoxy groups -OCH3 is 2. The number of fused-ring (bicyclic) bond motifs is 4. The van der Waals surface area contributed by atoms with Crippen molar-refractivity contribution in [1.29, 1.82) is 0 Å². The molecule has 2 aromatic heterocycles. The molecular formula is C42H51N8O7S+. The van der Waals surface area contributed by atoms with E-state index in [4.69, 9.17) is 18.9 Å². The van der Waals surface area contributed by atoms with E-state index in [1.807, 2.05) is 25.1 Å². The molecule has 306 valence electrons. The molecule has 1 N–H and O–H groups in total. The van der Waals surface area contributed by atoms with Gasteiger partial charge >= 0.3 is 12.0 Å². The van der Waals surface area contributed by atoms with Gasteiger partial charge < -0.3 is 23.8 Å². The van der Waals surface area contributed by atoms with Crippen LogP contribution in [-0.2, 0) is 33.5 Å². The first-order chi connectivity index (χ1) is 28.0. The van der Waals surface area contributed by atoms with Crippen molar-refractivity contribution in [2.45, 2.75) is 63.6 Å². The average Bonchev–Trinajstić information content (AvgIpc) is 3.52. The minimum Gasteiger partial charge on any atom is -0.490 e. The first kappa shape index (κ1) is 39.5. The lowest BCUT2D eigenvalue weighted by molar-refractivity contribution is -0.728. The molecule has 2 bridgehead atoms. The summed E-state index contributed by atoms with van der Waals surface area (Å²) in [4.78, 5) is 39.0. The topological polar surface area (TPSA) is 163 Å². The van der Waals surface area contributed by atoms with Crippen LogP contribution in [0.15, 0.2) is 77.8 Å². The minimum atomic E-state index is -3.84. The highest BCUT2D eigenvalue weighted by atomic mass is 32.2. The van der Waals surface area contributed by atoms with Crippen LogP contribution in [0.4, 0.5) is 10.5 Å². The number of nitrogens with zero attached hydrogens (tertiary/aromatic N) is 7. The van der Waals surface area contributed by atoms with Crippen LogP contribution in [0.2, 0.25) is 0 Å². The van der Waals surface area contributed by atoms with Gasteiger partial charge in [-0.15, -0.1) is 9.04 Å². The summed E-state index contributed by atoms with van der Waals surface area (Å²) in [5.74, 6) is -0.119. The molecule has 2 aliphatic carbocycles. The van der Waals surface area contributed by atoms with E-state index in [9.17, 15) is 9.59 Å². The number of nitrogens with one attached hydrogen (secondary N) is 1. The maximum Gasteiger partial charge on any atom is 0.435 e. The molecule has 4 aliphatic rings. The maximum atomic E-state index is 15.1. The molecule has 1 fully saturated rings. The van der Waals surface area contributed by atoms with E-state index in [0.29, 0.717) is 24.8 Å². The number of aryl methyl sites for hydroxylation is 3. The second-order valence-corrected chi connectivity index (χ2v) is 18.1. The summed E-state index contributed by atoms with van der Waals surface area (Å²) in [5.41, 5.74) is 4.67. The fourth-order valence-electron chi connectivity index (χ4n) is 9.02. The Bertz CT molecular complexity index is 2340. The van der Waals surface area contributed by atoms with Crippen molar-refractivity contribution < 1.29 is 37.4 Å². The Hall–Kier alpha value is -5.35. The van der Waals surface area contributed by atoms with Gasteiger partial charge in [0.2, 0.25) is 5.88 Å². The monoisotopic (exact) mass is 811 g/mol. The number of rotatable bonds is 5. The Kier molecular flexibility index (Phi) is 11.0. The summed E-state index contributed by atoms with van der Waals surface area (Å²) in [5, 5.41) is 4.14. The van der Waals surface area contributed by atoms with Crippen LogP contribution in [0.3, 0.4) is 0 Å². The average molecular weight is 812 g/mol. The van der Waals surface area contributed by atoms with Gasteiger partial charge in [0.1, 0.15) is 28.8 Å². The van der Waals surface area contributed by atoms with Crippen molar-refractivity contribution in [1.82, 2.24) is 24.4 Å². The van der Waals surface area contributed by atoms with E-state index in [2.05, 4.69) is 54.2 Å². The first-order valence-electron chi connectivity index (χ1n) is 19.8. The van der Waals surface area contributed by atoms with E-state index < -0.39 is 33.9 Å². The van der Waals surface area contributed by atoms with E-state index in [1.165, 1.54) is 47.2 Å². The summed E-state index contributed by atoms with van der Waals surface area (Å²) in [6.45, 7) is 5.88. The van der Waals surface area contributed by atoms with Crippen molar-refractivity contribution in [3.05, 3.63) is 95.7 Å². The largest absolute Gasteiger partial charge is 0.490 e. The summed E-state index contributed by atoms with van der Waals surface area (Å²) in [7, 11) is 0.867. The molecule has 1 spiro atoms. The highest BCUT2D eigenvalue weighted by molar-refractivity contribution is 7.92. The van der Waals surface area contributed by atoms with E-state index in [-0.39, 0.29) is 40.6 Å². The van der Waals surface area contributed by atoms with Crippen LogP contribution < -0.4 is 28.5 Å². The third kappa shape index (κ3) is 7.91.